The highest BCUT2D eigenvalue weighted by molar-refractivity contribution is 7.15. The van der Waals surface area contributed by atoms with Crippen LogP contribution in [-0.4, -0.2) is 32.4 Å². The number of imidazole rings is 1. The zero-order chi connectivity index (χ0) is 14.5. The highest BCUT2D eigenvalue weighted by Gasteiger charge is 2.16. The quantitative estimate of drug-likeness (QED) is 0.814. The highest BCUT2D eigenvalue weighted by Crippen LogP contribution is 2.12. The van der Waals surface area contributed by atoms with Gasteiger partial charge in [-0.15, -0.1) is 11.3 Å². The van der Waals surface area contributed by atoms with Gasteiger partial charge >= 0.3 is 5.97 Å². The van der Waals surface area contributed by atoms with Gasteiger partial charge in [-0.05, 0) is 6.42 Å². The molecule has 7 heteroatoms. The van der Waals surface area contributed by atoms with Crippen LogP contribution in [0.5, 0.6) is 0 Å². The lowest BCUT2D eigenvalue weighted by molar-refractivity contribution is -0.137. The van der Waals surface area contributed by atoms with Crippen molar-refractivity contribution in [2.24, 2.45) is 0 Å². The third-order valence-corrected chi connectivity index (χ3v) is 3.68. The van der Waals surface area contributed by atoms with E-state index in [0.717, 1.165) is 11.4 Å². The molecule has 2 aromatic rings. The molecule has 1 atom stereocenters. The summed E-state index contributed by atoms with van der Waals surface area (Å²) >= 11 is 1.51. The molecule has 0 radical (unpaired) electrons. The maximum Gasteiger partial charge on any atom is 0.305 e. The number of carboxylic acids is 1. The monoisotopic (exact) mass is 295 g/mol. The summed E-state index contributed by atoms with van der Waals surface area (Å²) in [4.78, 5) is 27.9. The van der Waals surface area contributed by atoms with Gasteiger partial charge in [0.05, 0.1) is 18.5 Å². The molecule has 1 unspecified atom stereocenters. The number of amides is 1. The average molecular weight is 295 g/mol. The van der Waals surface area contributed by atoms with Crippen molar-refractivity contribution in [2.45, 2.75) is 38.6 Å². The Morgan fingerprint density at radius 2 is 2.35 bits per heavy atom. The Hall–Kier alpha value is -1.89. The molecule has 0 aliphatic carbocycles. The summed E-state index contributed by atoms with van der Waals surface area (Å²) in [5.41, 5.74) is 0.694. The zero-order valence-electron chi connectivity index (χ0n) is 11.2. The summed E-state index contributed by atoms with van der Waals surface area (Å²) in [6.07, 6.45) is 5.33. The van der Waals surface area contributed by atoms with Gasteiger partial charge in [0.25, 0.3) is 0 Å². The minimum atomic E-state index is -0.897. The molecule has 2 rings (SSSR count). The van der Waals surface area contributed by atoms with Crippen molar-refractivity contribution in [1.29, 1.82) is 0 Å². The van der Waals surface area contributed by atoms with E-state index >= 15 is 0 Å². The number of nitrogens with zero attached hydrogens (tertiary/aromatic N) is 2. The van der Waals surface area contributed by atoms with E-state index in [2.05, 4.69) is 10.3 Å². The molecule has 2 aromatic heterocycles. The second-order valence-electron chi connectivity index (χ2n) is 4.65. The summed E-state index contributed by atoms with van der Waals surface area (Å²) < 4.78 is 1.87. The molecule has 0 bridgehead atoms. The number of nitrogens with one attached hydrogen (secondary N) is 1. The standard InChI is InChI=1S/C13H17N3O3S/c1-2-3-9(7-12(18)19)14-11(17)6-10-8-16-4-5-20-13(16)15-10/h4-5,8-9H,2-3,6-7H2,1H3,(H,14,17)(H,18,19). The van der Waals surface area contributed by atoms with E-state index in [1.54, 1.807) is 0 Å². The molecule has 0 saturated carbocycles. The van der Waals surface area contributed by atoms with Gasteiger partial charge in [-0.3, -0.25) is 14.0 Å². The Balaban J connectivity index is 1.93. The number of carbonyl (C=O) groups is 2. The topological polar surface area (TPSA) is 83.7 Å². The minimum Gasteiger partial charge on any atom is -0.481 e. The van der Waals surface area contributed by atoms with Crippen LogP contribution in [0, 0.1) is 0 Å². The molecular weight excluding hydrogens is 278 g/mol. The van der Waals surface area contributed by atoms with Crippen molar-refractivity contribution >= 4 is 28.2 Å². The fourth-order valence-corrected chi connectivity index (χ4v) is 2.81. The molecule has 0 aliphatic heterocycles. The molecule has 2 N–H and O–H groups in total. The van der Waals surface area contributed by atoms with Crippen molar-refractivity contribution in [2.75, 3.05) is 0 Å². The summed E-state index contributed by atoms with van der Waals surface area (Å²) in [5, 5.41) is 13.5. The zero-order valence-corrected chi connectivity index (χ0v) is 12.0. The van der Waals surface area contributed by atoms with Crippen LogP contribution in [0.4, 0.5) is 0 Å². The fraction of sp³-hybridized carbons (Fsp3) is 0.462. The predicted octanol–water partition coefficient (Wildman–Crippen LogP) is 1.70. The average Bonchev–Trinajstić information content (AvgIpc) is 2.88. The highest BCUT2D eigenvalue weighted by atomic mass is 32.1. The number of rotatable bonds is 7. The van der Waals surface area contributed by atoms with Crippen molar-refractivity contribution < 1.29 is 14.7 Å². The van der Waals surface area contributed by atoms with E-state index in [9.17, 15) is 9.59 Å². The van der Waals surface area contributed by atoms with Crippen LogP contribution >= 0.6 is 11.3 Å². The van der Waals surface area contributed by atoms with Gasteiger partial charge in [0.1, 0.15) is 0 Å². The SMILES string of the molecule is CCCC(CC(=O)O)NC(=O)Cc1cn2ccsc2n1. The summed E-state index contributed by atoms with van der Waals surface area (Å²) in [6.45, 7) is 1.96. The number of thiazole rings is 1. The predicted molar refractivity (Wildman–Crippen MR) is 75.9 cm³/mol. The van der Waals surface area contributed by atoms with Crippen LogP contribution in [0.1, 0.15) is 31.9 Å². The third kappa shape index (κ3) is 3.80. The smallest absolute Gasteiger partial charge is 0.305 e. The van der Waals surface area contributed by atoms with Crippen molar-refractivity contribution in [1.82, 2.24) is 14.7 Å². The van der Waals surface area contributed by atoms with E-state index in [1.807, 2.05) is 29.1 Å². The van der Waals surface area contributed by atoms with Crippen LogP contribution in [0.3, 0.4) is 0 Å². The van der Waals surface area contributed by atoms with Crippen LogP contribution in [0.25, 0.3) is 4.96 Å². The molecule has 6 nitrogen and oxygen atoms in total. The van der Waals surface area contributed by atoms with Gasteiger partial charge in [0.15, 0.2) is 4.96 Å². The van der Waals surface area contributed by atoms with Crippen LogP contribution < -0.4 is 5.32 Å². The number of aromatic nitrogens is 2. The molecule has 0 spiro atoms. The number of hydrogen-bond acceptors (Lipinski definition) is 4. The molecule has 0 fully saturated rings. The van der Waals surface area contributed by atoms with Crippen molar-refractivity contribution in [3.63, 3.8) is 0 Å². The maximum absolute atomic E-state index is 11.9. The Morgan fingerprint density at radius 3 is 3.00 bits per heavy atom. The maximum atomic E-state index is 11.9. The molecule has 0 aromatic carbocycles. The second kappa shape index (κ2) is 6.51. The number of aliphatic carboxylic acids is 1. The van der Waals surface area contributed by atoms with Crippen molar-refractivity contribution in [3.8, 4) is 0 Å². The first-order valence-corrected chi connectivity index (χ1v) is 7.38. The van der Waals surface area contributed by atoms with E-state index < -0.39 is 5.97 Å². The van der Waals surface area contributed by atoms with E-state index in [-0.39, 0.29) is 24.8 Å². The lowest BCUT2D eigenvalue weighted by atomic mass is 10.1. The van der Waals surface area contributed by atoms with Gasteiger partial charge in [0, 0.05) is 23.8 Å². The number of carboxylic acid groups (broad SMARTS) is 1. The largest absolute Gasteiger partial charge is 0.481 e. The second-order valence-corrected chi connectivity index (χ2v) is 5.53. The molecular formula is C13H17N3O3S. The molecule has 2 heterocycles. The molecule has 0 aliphatic rings. The molecule has 20 heavy (non-hydrogen) atoms. The van der Waals surface area contributed by atoms with Crippen LogP contribution in [0.2, 0.25) is 0 Å². The minimum absolute atomic E-state index is 0.0438. The first kappa shape index (κ1) is 14.5. The van der Waals surface area contributed by atoms with Gasteiger partial charge in [0.2, 0.25) is 5.91 Å². The summed E-state index contributed by atoms with van der Waals surface area (Å²) in [5.74, 6) is -1.08. The number of fused-ring (bicyclic) bond motifs is 1. The van der Waals surface area contributed by atoms with Gasteiger partial charge in [-0.2, -0.15) is 0 Å². The van der Waals surface area contributed by atoms with Gasteiger partial charge < -0.3 is 10.4 Å². The number of carbonyl (C=O) groups excluding carboxylic acids is 1. The summed E-state index contributed by atoms with van der Waals surface area (Å²) in [6, 6.07) is -0.311. The van der Waals surface area contributed by atoms with Gasteiger partial charge in [-0.1, -0.05) is 13.3 Å². The Labute approximate surface area is 120 Å². The molecule has 108 valence electrons. The number of hydrogen-bond donors (Lipinski definition) is 2. The first-order valence-electron chi connectivity index (χ1n) is 6.50. The lowest BCUT2D eigenvalue weighted by Crippen LogP contribution is -2.37. The van der Waals surface area contributed by atoms with E-state index in [1.165, 1.54) is 11.3 Å². The summed E-state index contributed by atoms with van der Waals surface area (Å²) in [7, 11) is 0. The van der Waals surface area contributed by atoms with E-state index in [4.69, 9.17) is 5.11 Å². The van der Waals surface area contributed by atoms with E-state index in [0.29, 0.717) is 12.1 Å². The Morgan fingerprint density at radius 1 is 1.55 bits per heavy atom. The lowest BCUT2D eigenvalue weighted by Gasteiger charge is -2.15. The third-order valence-electron chi connectivity index (χ3n) is 2.91. The fourth-order valence-electron chi connectivity index (χ4n) is 2.09. The first-order chi connectivity index (χ1) is 9.58. The molecule has 0 saturated heterocycles. The van der Waals surface area contributed by atoms with Gasteiger partial charge in [-0.25, -0.2) is 4.98 Å². The Kier molecular flexibility index (Phi) is 4.73. The normalized spacial score (nSPS) is 12.4. The van der Waals surface area contributed by atoms with Crippen LogP contribution in [-0.2, 0) is 16.0 Å². The molecule has 1 amide bonds. The Bertz CT molecular complexity index is 576. The van der Waals surface area contributed by atoms with Crippen molar-refractivity contribution in [3.05, 3.63) is 23.5 Å². The van der Waals surface area contributed by atoms with Crippen LogP contribution in [0.15, 0.2) is 17.8 Å².